The Morgan fingerprint density at radius 2 is 2.25 bits per heavy atom. The normalized spacial score (nSPS) is 12.4. The third-order valence-corrected chi connectivity index (χ3v) is 3.92. The summed E-state index contributed by atoms with van der Waals surface area (Å²) < 4.78 is 19.3. The van der Waals surface area contributed by atoms with Gasteiger partial charge in [0.15, 0.2) is 11.6 Å². The number of rotatable bonds is 6. The molecule has 0 spiro atoms. The molecule has 1 heterocycles. The van der Waals surface area contributed by atoms with Crippen molar-refractivity contribution < 1.29 is 9.13 Å². The van der Waals surface area contributed by atoms with Crippen LogP contribution in [-0.2, 0) is 6.42 Å². The molecule has 0 saturated heterocycles. The summed E-state index contributed by atoms with van der Waals surface area (Å²) in [7, 11) is 1.48. The summed E-state index contributed by atoms with van der Waals surface area (Å²) in [4.78, 5) is 4.50. The molecule has 2 aromatic rings. The van der Waals surface area contributed by atoms with Crippen molar-refractivity contribution >= 4 is 11.3 Å². The Labute approximate surface area is 122 Å². The predicted molar refractivity (Wildman–Crippen MR) is 79.9 cm³/mol. The molecule has 20 heavy (non-hydrogen) atoms. The van der Waals surface area contributed by atoms with Gasteiger partial charge in [0, 0.05) is 5.38 Å². The molecule has 0 radical (unpaired) electrons. The second kappa shape index (κ2) is 6.81. The number of aromatic nitrogens is 1. The number of nitrogens with zero attached hydrogens (tertiary/aromatic N) is 1. The SMILES string of the molecule is CCNC(Cc1cccc(OC)c1F)c1csc(C)n1. The van der Waals surface area contributed by atoms with Crippen LogP contribution < -0.4 is 10.1 Å². The molecule has 0 aliphatic rings. The van der Waals surface area contributed by atoms with Crippen molar-refractivity contribution in [2.45, 2.75) is 26.3 Å². The molecule has 1 N–H and O–H groups in total. The molecule has 2 rings (SSSR count). The van der Waals surface area contributed by atoms with Gasteiger partial charge in [-0.25, -0.2) is 9.37 Å². The van der Waals surface area contributed by atoms with Crippen molar-refractivity contribution in [2.75, 3.05) is 13.7 Å². The van der Waals surface area contributed by atoms with Crippen LogP contribution in [0.5, 0.6) is 5.75 Å². The molecule has 0 aliphatic carbocycles. The zero-order valence-corrected chi connectivity index (χ0v) is 12.8. The van der Waals surface area contributed by atoms with E-state index in [4.69, 9.17) is 4.74 Å². The van der Waals surface area contributed by atoms with Crippen molar-refractivity contribution in [3.8, 4) is 5.75 Å². The van der Waals surface area contributed by atoms with Gasteiger partial charge in [-0.15, -0.1) is 11.3 Å². The van der Waals surface area contributed by atoms with E-state index in [-0.39, 0.29) is 17.6 Å². The van der Waals surface area contributed by atoms with E-state index in [1.807, 2.05) is 25.3 Å². The molecule has 3 nitrogen and oxygen atoms in total. The van der Waals surface area contributed by atoms with Crippen LogP contribution in [0.25, 0.3) is 0 Å². The maximum atomic E-state index is 14.2. The molecule has 0 amide bonds. The third-order valence-electron chi connectivity index (χ3n) is 3.13. The van der Waals surface area contributed by atoms with Gasteiger partial charge in [0.1, 0.15) is 0 Å². The van der Waals surface area contributed by atoms with Gasteiger partial charge in [-0.3, -0.25) is 0 Å². The van der Waals surface area contributed by atoms with E-state index in [9.17, 15) is 4.39 Å². The number of thiazole rings is 1. The average molecular weight is 294 g/mol. The van der Waals surface area contributed by atoms with Gasteiger partial charge in [-0.1, -0.05) is 19.1 Å². The standard InChI is InChI=1S/C15H19FN2OS/c1-4-17-12(13-9-20-10(2)18-13)8-11-6-5-7-14(19-3)15(11)16/h5-7,9,12,17H,4,8H2,1-3H3. The Morgan fingerprint density at radius 1 is 1.45 bits per heavy atom. The summed E-state index contributed by atoms with van der Waals surface area (Å²) in [6.07, 6.45) is 0.556. The van der Waals surface area contributed by atoms with E-state index in [1.54, 1.807) is 23.5 Å². The zero-order chi connectivity index (χ0) is 14.5. The fraction of sp³-hybridized carbons (Fsp3) is 0.400. The Morgan fingerprint density at radius 3 is 2.85 bits per heavy atom. The second-order valence-corrected chi connectivity index (χ2v) is 5.60. The van der Waals surface area contributed by atoms with Crippen LogP contribution in [0.4, 0.5) is 4.39 Å². The van der Waals surface area contributed by atoms with E-state index in [0.29, 0.717) is 12.0 Å². The van der Waals surface area contributed by atoms with E-state index in [1.165, 1.54) is 7.11 Å². The first-order valence-corrected chi connectivity index (χ1v) is 7.50. The minimum absolute atomic E-state index is 0.0200. The number of halogens is 1. The molecule has 0 bridgehead atoms. The van der Waals surface area contributed by atoms with Gasteiger partial charge in [0.05, 0.1) is 23.9 Å². The lowest BCUT2D eigenvalue weighted by molar-refractivity contribution is 0.382. The van der Waals surface area contributed by atoms with Crippen molar-refractivity contribution in [3.63, 3.8) is 0 Å². The highest BCUT2D eigenvalue weighted by Gasteiger charge is 2.17. The number of nitrogens with one attached hydrogen (secondary N) is 1. The van der Waals surface area contributed by atoms with Crippen LogP contribution in [0.1, 0.15) is 29.2 Å². The molecule has 108 valence electrons. The van der Waals surface area contributed by atoms with E-state index in [2.05, 4.69) is 10.3 Å². The van der Waals surface area contributed by atoms with Gasteiger partial charge in [-0.2, -0.15) is 0 Å². The third kappa shape index (κ3) is 3.35. The topological polar surface area (TPSA) is 34.1 Å². The molecule has 1 aromatic heterocycles. The minimum Gasteiger partial charge on any atom is -0.494 e. The van der Waals surface area contributed by atoms with Gasteiger partial charge < -0.3 is 10.1 Å². The summed E-state index contributed by atoms with van der Waals surface area (Å²) in [5.41, 5.74) is 1.61. The summed E-state index contributed by atoms with van der Waals surface area (Å²) in [5.74, 6) is -0.00272. The monoisotopic (exact) mass is 294 g/mol. The highest BCUT2D eigenvalue weighted by molar-refractivity contribution is 7.09. The lowest BCUT2D eigenvalue weighted by atomic mass is 10.0. The maximum absolute atomic E-state index is 14.2. The van der Waals surface area contributed by atoms with Crippen molar-refractivity contribution in [3.05, 3.63) is 45.7 Å². The van der Waals surface area contributed by atoms with E-state index in [0.717, 1.165) is 17.2 Å². The Balaban J connectivity index is 2.24. The summed E-state index contributed by atoms with van der Waals surface area (Å²) >= 11 is 1.61. The first kappa shape index (κ1) is 14.9. The first-order chi connectivity index (χ1) is 9.65. The number of hydrogen-bond acceptors (Lipinski definition) is 4. The largest absolute Gasteiger partial charge is 0.494 e. The Bertz CT molecular complexity index is 571. The molecular weight excluding hydrogens is 275 g/mol. The molecule has 0 saturated carbocycles. The van der Waals surface area contributed by atoms with Crippen LogP contribution >= 0.6 is 11.3 Å². The summed E-state index contributed by atoms with van der Waals surface area (Å²) in [6.45, 7) is 4.82. The molecule has 0 fully saturated rings. The lowest BCUT2D eigenvalue weighted by Gasteiger charge is -2.17. The van der Waals surface area contributed by atoms with Gasteiger partial charge in [-0.05, 0) is 31.5 Å². The smallest absolute Gasteiger partial charge is 0.168 e. The fourth-order valence-corrected chi connectivity index (χ4v) is 2.83. The van der Waals surface area contributed by atoms with Gasteiger partial charge >= 0.3 is 0 Å². The summed E-state index contributed by atoms with van der Waals surface area (Å²) in [6, 6.07) is 5.26. The number of likely N-dealkylation sites (N-methyl/N-ethyl adjacent to an activating group) is 1. The average Bonchev–Trinajstić information content (AvgIpc) is 2.87. The molecule has 1 aromatic carbocycles. The quantitative estimate of drug-likeness (QED) is 0.885. The van der Waals surface area contributed by atoms with Gasteiger partial charge in [0.2, 0.25) is 0 Å². The van der Waals surface area contributed by atoms with E-state index < -0.39 is 0 Å². The minimum atomic E-state index is -0.287. The van der Waals surface area contributed by atoms with Crippen molar-refractivity contribution in [2.24, 2.45) is 0 Å². The lowest BCUT2D eigenvalue weighted by Crippen LogP contribution is -2.23. The van der Waals surface area contributed by atoms with Crippen LogP contribution in [0.15, 0.2) is 23.6 Å². The molecule has 0 aliphatic heterocycles. The fourth-order valence-electron chi connectivity index (χ4n) is 2.16. The van der Waals surface area contributed by atoms with Crippen LogP contribution in [0.3, 0.4) is 0 Å². The zero-order valence-electron chi connectivity index (χ0n) is 11.9. The van der Waals surface area contributed by atoms with Gasteiger partial charge in [0.25, 0.3) is 0 Å². The molecule has 1 atom stereocenters. The maximum Gasteiger partial charge on any atom is 0.168 e. The predicted octanol–water partition coefficient (Wildman–Crippen LogP) is 3.49. The highest BCUT2D eigenvalue weighted by atomic mass is 32.1. The van der Waals surface area contributed by atoms with Crippen LogP contribution in [-0.4, -0.2) is 18.6 Å². The van der Waals surface area contributed by atoms with Crippen molar-refractivity contribution in [1.82, 2.24) is 10.3 Å². The van der Waals surface area contributed by atoms with Crippen molar-refractivity contribution in [1.29, 1.82) is 0 Å². The summed E-state index contributed by atoms with van der Waals surface area (Å²) in [5, 5.41) is 6.41. The second-order valence-electron chi connectivity index (χ2n) is 4.54. The van der Waals surface area contributed by atoms with Crippen LogP contribution in [0, 0.1) is 12.7 Å². The number of ether oxygens (including phenoxy) is 1. The number of aryl methyl sites for hydroxylation is 1. The number of methoxy groups -OCH3 is 1. The van der Waals surface area contributed by atoms with E-state index >= 15 is 0 Å². The van der Waals surface area contributed by atoms with Crippen LogP contribution in [0.2, 0.25) is 0 Å². The Hall–Kier alpha value is -1.46. The first-order valence-electron chi connectivity index (χ1n) is 6.62. The number of hydrogen-bond donors (Lipinski definition) is 1. The molecular formula is C15H19FN2OS. The number of benzene rings is 1. The Kier molecular flexibility index (Phi) is 5.09. The molecule has 1 unspecified atom stereocenters. The highest BCUT2D eigenvalue weighted by Crippen LogP contribution is 2.25. The molecule has 5 heteroatoms.